The molecule has 5 aliphatic rings. The molecule has 5 rings (SSSR count). The van der Waals surface area contributed by atoms with Crippen LogP contribution in [0.5, 0.6) is 0 Å². The molecule has 5 fully saturated rings. The molecule has 0 saturated carbocycles. The van der Waals surface area contributed by atoms with Crippen molar-refractivity contribution in [3.8, 4) is 0 Å². The van der Waals surface area contributed by atoms with Crippen molar-refractivity contribution in [1.82, 2.24) is 20.0 Å². The van der Waals surface area contributed by atoms with Gasteiger partial charge in [-0.15, -0.1) is 0 Å². The molecule has 5 saturated heterocycles. The SMILES string of the molecule is CCCCC1CN(C2CCOCC2)C(=O)OC12CCN(C1(C)CCN(C(=O)C3C(C)CCN[C@H]3C)CC1)CC2. The maximum Gasteiger partial charge on any atom is 0.410 e. The second-order valence-electron chi connectivity index (χ2n) is 13.6. The monoisotopic (exact) mass is 546 g/mol. The zero-order chi connectivity index (χ0) is 27.6. The van der Waals surface area contributed by atoms with Gasteiger partial charge in [-0.2, -0.15) is 0 Å². The molecule has 5 heterocycles. The Balaban J connectivity index is 1.19. The largest absolute Gasteiger partial charge is 0.442 e. The van der Waals surface area contributed by atoms with Gasteiger partial charge >= 0.3 is 6.09 Å². The van der Waals surface area contributed by atoms with Crippen molar-refractivity contribution in [2.45, 2.75) is 115 Å². The lowest BCUT2D eigenvalue weighted by Crippen LogP contribution is -2.65. The maximum atomic E-state index is 13.5. The molecular weight excluding hydrogens is 492 g/mol. The highest BCUT2D eigenvalue weighted by atomic mass is 16.6. The van der Waals surface area contributed by atoms with Crippen LogP contribution in [0.3, 0.4) is 0 Å². The zero-order valence-electron chi connectivity index (χ0n) is 25.1. The number of amides is 2. The van der Waals surface area contributed by atoms with Crippen LogP contribution in [0.1, 0.15) is 91.9 Å². The molecule has 1 spiro atoms. The Labute approximate surface area is 236 Å². The normalized spacial score (nSPS) is 34.2. The van der Waals surface area contributed by atoms with Gasteiger partial charge in [0.25, 0.3) is 0 Å². The summed E-state index contributed by atoms with van der Waals surface area (Å²) < 4.78 is 12.0. The molecule has 8 heteroatoms. The zero-order valence-corrected chi connectivity index (χ0v) is 25.1. The van der Waals surface area contributed by atoms with E-state index in [1.165, 1.54) is 12.8 Å². The lowest BCUT2D eigenvalue weighted by molar-refractivity contribution is -0.147. The number of hydrogen-bond acceptors (Lipinski definition) is 6. The van der Waals surface area contributed by atoms with Crippen LogP contribution in [0.15, 0.2) is 0 Å². The molecule has 0 aliphatic carbocycles. The molecule has 0 bridgehead atoms. The number of nitrogens with zero attached hydrogens (tertiary/aromatic N) is 3. The third-order valence-electron chi connectivity index (χ3n) is 11.3. The molecule has 0 aromatic heterocycles. The molecule has 222 valence electrons. The van der Waals surface area contributed by atoms with Crippen LogP contribution >= 0.6 is 0 Å². The van der Waals surface area contributed by atoms with Gasteiger partial charge in [0.1, 0.15) is 5.60 Å². The first-order valence-corrected chi connectivity index (χ1v) is 16.1. The van der Waals surface area contributed by atoms with Crippen molar-refractivity contribution in [3.05, 3.63) is 0 Å². The van der Waals surface area contributed by atoms with E-state index in [0.717, 1.165) is 104 Å². The van der Waals surface area contributed by atoms with E-state index in [1.807, 2.05) is 4.90 Å². The van der Waals surface area contributed by atoms with Crippen molar-refractivity contribution < 1.29 is 19.1 Å². The van der Waals surface area contributed by atoms with E-state index in [9.17, 15) is 9.59 Å². The predicted molar refractivity (Wildman–Crippen MR) is 153 cm³/mol. The number of ether oxygens (including phenoxy) is 2. The summed E-state index contributed by atoms with van der Waals surface area (Å²) in [7, 11) is 0. The minimum absolute atomic E-state index is 0.0956. The van der Waals surface area contributed by atoms with Gasteiger partial charge in [-0.05, 0) is 64.8 Å². The number of carbonyl (C=O) groups is 2. The summed E-state index contributed by atoms with van der Waals surface area (Å²) in [5.41, 5.74) is -0.218. The van der Waals surface area contributed by atoms with Crippen LogP contribution in [-0.2, 0) is 14.3 Å². The number of likely N-dealkylation sites (tertiary alicyclic amines) is 2. The lowest BCUT2D eigenvalue weighted by Gasteiger charge is -2.55. The van der Waals surface area contributed by atoms with Gasteiger partial charge in [0.2, 0.25) is 5.91 Å². The van der Waals surface area contributed by atoms with E-state index in [1.54, 1.807) is 0 Å². The van der Waals surface area contributed by atoms with Crippen LogP contribution in [-0.4, -0.2) is 102 Å². The molecule has 1 N–H and O–H groups in total. The minimum Gasteiger partial charge on any atom is -0.442 e. The molecule has 4 atom stereocenters. The van der Waals surface area contributed by atoms with E-state index in [0.29, 0.717) is 17.7 Å². The van der Waals surface area contributed by atoms with Crippen LogP contribution in [0, 0.1) is 17.8 Å². The van der Waals surface area contributed by atoms with E-state index in [2.05, 4.69) is 42.8 Å². The van der Waals surface area contributed by atoms with E-state index < -0.39 is 0 Å². The highest BCUT2D eigenvalue weighted by molar-refractivity contribution is 5.80. The molecule has 0 aromatic rings. The Kier molecular flexibility index (Phi) is 9.14. The minimum atomic E-state index is -0.322. The first-order chi connectivity index (χ1) is 18.8. The summed E-state index contributed by atoms with van der Waals surface area (Å²) in [6.45, 7) is 16.0. The average molecular weight is 547 g/mol. The molecular formula is C31H54N4O4. The Morgan fingerprint density at radius 1 is 1.03 bits per heavy atom. The third-order valence-corrected chi connectivity index (χ3v) is 11.3. The smallest absolute Gasteiger partial charge is 0.410 e. The van der Waals surface area contributed by atoms with Gasteiger partial charge < -0.3 is 24.6 Å². The van der Waals surface area contributed by atoms with Crippen molar-refractivity contribution >= 4 is 12.0 Å². The quantitative estimate of drug-likeness (QED) is 0.536. The van der Waals surface area contributed by atoms with Gasteiger partial charge in [0.05, 0.1) is 5.92 Å². The van der Waals surface area contributed by atoms with Gasteiger partial charge in [0, 0.05) is 82.3 Å². The van der Waals surface area contributed by atoms with Crippen molar-refractivity contribution in [2.24, 2.45) is 17.8 Å². The van der Waals surface area contributed by atoms with E-state index >= 15 is 0 Å². The topological polar surface area (TPSA) is 74.3 Å². The number of unbranched alkanes of at least 4 members (excludes halogenated alkanes) is 1. The molecule has 2 amide bonds. The Bertz CT molecular complexity index is 836. The standard InChI is InChI=1S/C31H54N4O4/c1-5-6-7-25-22-35(26-9-20-38-21-10-26)29(37)39-31(25)13-18-34(19-14-31)30(4)11-16-33(17-12-30)28(36)27-23(2)8-15-32-24(27)3/h23-27,32H,5-22H2,1-4H3/t23?,24-,25?,27?/m0/s1. The fraction of sp³-hybridized carbons (Fsp3) is 0.935. The van der Waals surface area contributed by atoms with Crippen LogP contribution < -0.4 is 5.32 Å². The maximum absolute atomic E-state index is 13.5. The highest BCUT2D eigenvalue weighted by Crippen LogP contribution is 2.44. The summed E-state index contributed by atoms with van der Waals surface area (Å²) in [6, 6.07) is 0.518. The number of rotatable bonds is 6. The van der Waals surface area contributed by atoms with Crippen LogP contribution in [0.2, 0.25) is 0 Å². The van der Waals surface area contributed by atoms with Crippen molar-refractivity contribution in [3.63, 3.8) is 0 Å². The van der Waals surface area contributed by atoms with Gasteiger partial charge in [-0.25, -0.2) is 4.79 Å². The molecule has 39 heavy (non-hydrogen) atoms. The Morgan fingerprint density at radius 2 is 1.72 bits per heavy atom. The number of hydrogen-bond donors (Lipinski definition) is 1. The summed E-state index contributed by atoms with van der Waals surface area (Å²) >= 11 is 0. The lowest BCUT2D eigenvalue weighted by atomic mass is 9.73. The Morgan fingerprint density at radius 3 is 2.36 bits per heavy atom. The third kappa shape index (κ3) is 5.99. The molecule has 8 nitrogen and oxygen atoms in total. The average Bonchev–Trinajstić information content (AvgIpc) is 2.93. The fourth-order valence-corrected chi connectivity index (χ4v) is 8.36. The van der Waals surface area contributed by atoms with Crippen LogP contribution in [0.4, 0.5) is 4.79 Å². The number of carbonyl (C=O) groups excluding carboxylic acids is 2. The van der Waals surface area contributed by atoms with Gasteiger partial charge in [-0.3, -0.25) is 9.69 Å². The van der Waals surface area contributed by atoms with Gasteiger partial charge in [0.15, 0.2) is 0 Å². The second kappa shape index (κ2) is 12.2. The van der Waals surface area contributed by atoms with Gasteiger partial charge in [-0.1, -0.05) is 26.7 Å². The van der Waals surface area contributed by atoms with Crippen molar-refractivity contribution in [1.29, 1.82) is 0 Å². The summed E-state index contributed by atoms with van der Waals surface area (Å²) in [5, 5.41) is 3.52. The number of piperidine rings is 3. The summed E-state index contributed by atoms with van der Waals surface area (Å²) in [5.74, 6) is 1.30. The summed E-state index contributed by atoms with van der Waals surface area (Å²) in [6.07, 6.45) is 10.2. The first-order valence-electron chi connectivity index (χ1n) is 16.1. The van der Waals surface area contributed by atoms with E-state index in [4.69, 9.17) is 9.47 Å². The van der Waals surface area contributed by atoms with Crippen molar-refractivity contribution in [2.75, 3.05) is 52.5 Å². The predicted octanol–water partition coefficient (Wildman–Crippen LogP) is 4.27. The number of nitrogens with one attached hydrogen (secondary N) is 1. The molecule has 5 aliphatic heterocycles. The summed E-state index contributed by atoms with van der Waals surface area (Å²) in [4.78, 5) is 33.6. The highest BCUT2D eigenvalue weighted by Gasteiger charge is 2.52. The first kappa shape index (κ1) is 29.1. The molecule has 0 radical (unpaired) electrons. The van der Waals surface area contributed by atoms with Crippen LogP contribution in [0.25, 0.3) is 0 Å². The molecule has 3 unspecified atom stereocenters. The fourth-order valence-electron chi connectivity index (χ4n) is 8.36. The van der Waals surface area contributed by atoms with E-state index in [-0.39, 0.29) is 35.2 Å². The second-order valence-corrected chi connectivity index (χ2v) is 13.6. The molecule has 0 aromatic carbocycles. The Hall–Kier alpha value is -1.38.